The van der Waals surface area contributed by atoms with Crippen LogP contribution in [0.1, 0.15) is 5.89 Å². The third kappa shape index (κ3) is 2.45. The van der Waals surface area contributed by atoms with Crippen LogP contribution in [0.3, 0.4) is 0 Å². The van der Waals surface area contributed by atoms with Crippen molar-refractivity contribution in [1.82, 2.24) is 10.1 Å². The molecular formula is C11H12ClN3O2S. The number of ether oxygens (including phenoxy) is 1. The maximum atomic E-state index is 6.15. The maximum Gasteiger partial charge on any atom is 0.240 e. The number of methoxy groups -OCH3 is 1. The van der Waals surface area contributed by atoms with Crippen LogP contribution in [0.25, 0.3) is 11.4 Å². The van der Waals surface area contributed by atoms with E-state index >= 15 is 0 Å². The Bertz CT molecular complexity index is 559. The van der Waals surface area contributed by atoms with Gasteiger partial charge in [-0.15, -0.1) is 11.8 Å². The Balaban J connectivity index is 2.48. The van der Waals surface area contributed by atoms with E-state index in [-0.39, 0.29) is 6.54 Å². The summed E-state index contributed by atoms with van der Waals surface area (Å²) in [5, 5.41) is 4.37. The molecule has 1 aromatic carbocycles. The lowest BCUT2D eigenvalue weighted by molar-refractivity contribution is 0.380. The number of nitrogens with two attached hydrogens (primary N) is 1. The Morgan fingerprint density at radius 3 is 2.83 bits per heavy atom. The first kappa shape index (κ1) is 13.2. The number of rotatable bonds is 4. The molecule has 0 aliphatic rings. The third-order valence-electron chi connectivity index (χ3n) is 2.33. The molecule has 0 aliphatic heterocycles. The molecule has 0 radical (unpaired) electrons. The normalized spacial score (nSPS) is 10.7. The first-order chi connectivity index (χ1) is 8.69. The van der Waals surface area contributed by atoms with E-state index in [4.69, 9.17) is 26.6 Å². The minimum absolute atomic E-state index is 0.215. The molecule has 0 amide bonds. The van der Waals surface area contributed by atoms with Crippen molar-refractivity contribution in [2.45, 2.75) is 11.4 Å². The van der Waals surface area contributed by atoms with Crippen LogP contribution in [0.4, 0.5) is 0 Å². The van der Waals surface area contributed by atoms with Gasteiger partial charge in [0.2, 0.25) is 11.7 Å². The van der Waals surface area contributed by atoms with Gasteiger partial charge in [-0.05, 0) is 18.4 Å². The van der Waals surface area contributed by atoms with Gasteiger partial charge >= 0.3 is 0 Å². The highest BCUT2D eigenvalue weighted by molar-refractivity contribution is 7.98. The second kappa shape index (κ2) is 5.60. The van der Waals surface area contributed by atoms with Crippen LogP contribution in [0, 0.1) is 0 Å². The number of nitrogens with zero attached hydrogens (tertiary/aromatic N) is 2. The molecule has 0 aliphatic carbocycles. The molecule has 1 heterocycles. The second-order valence-electron chi connectivity index (χ2n) is 3.41. The molecule has 2 rings (SSSR count). The van der Waals surface area contributed by atoms with Gasteiger partial charge in [0, 0.05) is 5.56 Å². The molecule has 0 spiro atoms. The molecule has 18 heavy (non-hydrogen) atoms. The van der Waals surface area contributed by atoms with Gasteiger partial charge < -0.3 is 15.0 Å². The van der Waals surface area contributed by atoms with Gasteiger partial charge in [0.25, 0.3) is 0 Å². The summed E-state index contributed by atoms with van der Waals surface area (Å²) in [6.07, 6.45) is 1.94. The summed E-state index contributed by atoms with van der Waals surface area (Å²) in [4.78, 5) is 5.08. The van der Waals surface area contributed by atoms with Crippen molar-refractivity contribution in [2.75, 3.05) is 13.4 Å². The number of benzene rings is 1. The number of aromatic nitrogens is 2. The van der Waals surface area contributed by atoms with Gasteiger partial charge in [0.1, 0.15) is 0 Å². The van der Waals surface area contributed by atoms with Crippen LogP contribution >= 0.6 is 23.4 Å². The molecule has 0 atom stereocenters. The first-order valence-corrected chi connectivity index (χ1v) is 6.74. The highest BCUT2D eigenvalue weighted by atomic mass is 35.5. The van der Waals surface area contributed by atoms with Crippen LogP contribution in [0.15, 0.2) is 21.6 Å². The van der Waals surface area contributed by atoms with E-state index in [1.807, 2.05) is 12.3 Å². The van der Waals surface area contributed by atoms with Crippen molar-refractivity contribution in [2.24, 2.45) is 5.73 Å². The molecule has 2 N–H and O–H groups in total. The summed E-state index contributed by atoms with van der Waals surface area (Å²) in [5.74, 6) is 1.51. The molecule has 0 saturated heterocycles. The van der Waals surface area contributed by atoms with Crippen LogP contribution in [0.2, 0.25) is 5.02 Å². The summed E-state index contributed by atoms with van der Waals surface area (Å²) < 4.78 is 10.2. The van der Waals surface area contributed by atoms with E-state index in [9.17, 15) is 0 Å². The van der Waals surface area contributed by atoms with Gasteiger partial charge in [-0.25, -0.2) is 0 Å². The zero-order valence-corrected chi connectivity index (χ0v) is 11.5. The van der Waals surface area contributed by atoms with E-state index in [1.165, 1.54) is 11.8 Å². The molecular weight excluding hydrogens is 274 g/mol. The predicted octanol–water partition coefficient (Wildman–Crippen LogP) is 2.58. The lowest BCUT2D eigenvalue weighted by Crippen LogP contribution is -1.95. The summed E-state index contributed by atoms with van der Waals surface area (Å²) >= 11 is 7.69. The maximum absolute atomic E-state index is 6.15. The minimum Gasteiger partial charge on any atom is -0.494 e. The second-order valence-corrected chi connectivity index (χ2v) is 4.66. The van der Waals surface area contributed by atoms with E-state index in [2.05, 4.69) is 10.1 Å². The van der Waals surface area contributed by atoms with E-state index in [1.54, 1.807) is 13.2 Å². The molecule has 0 unspecified atom stereocenters. The molecule has 96 valence electrons. The SMILES string of the molecule is COc1c(Cl)cc(-c2noc(CN)n2)cc1SC. The molecule has 0 saturated carbocycles. The Morgan fingerprint density at radius 1 is 1.50 bits per heavy atom. The number of halogens is 1. The van der Waals surface area contributed by atoms with Crippen molar-refractivity contribution in [3.8, 4) is 17.1 Å². The zero-order valence-electron chi connectivity index (χ0n) is 9.94. The van der Waals surface area contributed by atoms with Crippen LogP contribution in [0.5, 0.6) is 5.75 Å². The smallest absolute Gasteiger partial charge is 0.240 e. The van der Waals surface area contributed by atoms with Gasteiger partial charge in [0.05, 0.1) is 23.6 Å². The highest BCUT2D eigenvalue weighted by Gasteiger charge is 2.14. The summed E-state index contributed by atoms with van der Waals surface area (Å²) in [5.41, 5.74) is 6.20. The first-order valence-electron chi connectivity index (χ1n) is 5.14. The average Bonchev–Trinajstić information content (AvgIpc) is 2.86. The standard InChI is InChI=1S/C11H12ClN3O2S/c1-16-10-7(12)3-6(4-8(10)18-2)11-14-9(5-13)17-15-11/h3-4H,5,13H2,1-2H3. The fourth-order valence-electron chi connectivity index (χ4n) is 1.50. The number of hydrogen-bond acceptors (Lipinski definition) is 6. The van der Waals surface area contributed by atoms with Gasteiger partial charge in [-0.1, -0.05) is 16.8 Å². The van der Waals surface area contributed by atoms with Gasteiger partial charge in [-0.3, -0.25) is 0 Å². The summed E-state index contributed by atoms with van der Waals surface area (Å²) in [6, 6.07) is 3.64. The van der Waals surface area contributed by atoms with Gasteiger partial charge in [0.15, 0.2) is 5.75 Å². The summed E-state index contributed by atoms with van der Waals surface area (Å²) in [7, 11) is 1.58. The fourth-order valence-corrected chi connectivity index (χ4v) is 2.48. The molecule has 5 nitrogen and oxygen atoms in total. The molecule has 1 aromatic heterocycles. The lowest BCUT2D eigenvalue weighted by Gasteiger charge is -2.09. The van der Waals surface area contributed by atoms with Crippen molar-refractivity contribution in [1.29, 1.82) is 0 Å². The van der Waals surface area contributed by atoms with Gasteiger partial charge in [-0.2, -0.15) is 4.98 Å². The lowest BCUT2D eigenvalue weighted by atomic mass is 10.2. The minimum atomic E-state index is 0.215. The Labute approximate surface area is 114 Å². The zero-order chi connectivity index (χ0) is 13.1. The summed E-state index contributed by atoms with van der Waals surface area (Å²) in [6.45, 7) is 0.215. The van der Waals surface area contributed by atoms with E-state index in [0.717, 1.165) is 10.5 Å². The molecule has 0 fully saturated rings. The van der Waals surface area contributed by atoms with Crippen molar-refractivity contribution >= 4 is 23.4 Å². The Kier molecular flexibility index (Phi) is 4.11. The molecule has 7 heteroatoms. The highest BCUT2D eigenvalue weighted by Crippen LogP contribution is 2.38. The largest absolute Gasteiger partial charge is 0.494 e. The van der Waals surface area contributed by atoms with Crippen molar-refractivity contribution in [3.63, 3.8) is 0 Å². The number of hydrogen-bond donors (Lipinski definition) is 1. The number of thioether (sulfide) groups is 1. The van der Waals surface area contributed by atoms with Crippen molar-refractivity contribution < 1.29 is 9.26 Å². The topological polar surface area (TPSA) is 74.2 Å². The quantitative estimate of drug-likeness (QED) is 0.870. The molecule has 0 bridgehead atoms. The van der Waals surface area contributed by atoms with Crippen molar-refractivity contribution in [3.05, 3.63) is 23.0 Å². The van der Waals surface area contributed by atoms with E-state index < -0.39 is 0 Å². The third-order valence-corrected chi connectivity index (χ3v) is 3.36. The van der Waals surface area contributed by atoms with Crippen LogP contribution in [-0.2, 0) is 6.54 Å². The van der Waals surface area contributed by atoms with Crippen LogP contribution < -0.4 is 10.5 Å². The predicted molar refractivity (Wildman–Crippen MR) is 71.0 cm³/mol. The average molecular weight is 286 g/mol. The monoisotopic (exact) mass is 285 g/mol. The fraction of sp³-hybridized carbons (Fsp3) is 0.273. The molecule has 2 aromatic rings. The van der Waals surface area contributed by atoms with E-state index in [0.29, 0.717) is 22.5 Å². The Morgan fingerprint density at radius 2 is 2.28 bits per heavy atom. The Hall–Kier alpha value is -1.24. The van der Waals surface area contributed by atoms with Crippen LogP contribution in [-0.4, -0.2) is 23.5 Å².